The van der Waals surface area contributed by atoms with Crippen molar-refractivity contribution in [3.05, 3.63) is 41.9 Å². The second kappa shape index (κ2) is 4.53. The Morgan fingerprint density at radius 1 is 1.12 bits per heavy atom. The second-order valence-corrected chi connectivity index (χ2v) is 4.58. The van der Waals surface area contributed by atoms with Gasteiger partial charge in [-0.1, -0.05) is 23.9 Å². The van der Waals surface area contributed by atoms with E-state index in [-0.39, 0.29) is 0 Å². The number of benzene rings is 1. The molecule has 0 radical (unpaired) electrons. The van der Waals surface area contributed by atoms with Gasteiger partial charge in [0.2, 0.25) is 0 Å². The van der Waals surface area contributed by atoms with Crippen LogP contribution in [-0.2, 0) is 0 Å². The van der Waals surface area contributed by atoms with E-state index < -0.39 is 0 Å². The highest BCUT2D eigenvalue weighted by Gasteiger charge is 2.04. The number of nitrogens with two attached hydrogens (primary N) is 1. The Morgan fingerprint density at radius 2 is 1.88 bits per heavy atom. The van der Waals surface area contributed by atoms with Crippen molar-refractivity contribution < 1.29 is 0 Å². The third-order valence-corrected chi connectivity index (χ3v) is 3.30. The van der Waals surface area contributed by atoms with Gasteiger partial charge in [0.05, 0.1) is 17.6 Å². The summed E-state index contributed by atoms with van der Waals surface area (Å²) in [7, 11) is 0. The van der Waals surface area contributed by atoms with Crippen LogP contribution in [0.4, 0.5) is 5.69 Å². The van der Waals surface area contributed by atoms with Crippen LogP contribution < -0.4 is 5.73 Å². The molecule has 0 amide bonds. The van der Waals surface area contributed by atoms with E-state index in [4.69, 9.17) is 5.73 Å². The van der Waals surface area contributed by atoms with Crippen molar-refractivity contribution in [1.29, 1.82) is 0 Å². The lowest BCUT2D eigenvalue weighted by atomic mass is 10.3. The molecule has 0 saturated carbocycles. The Balaban J connectivity index is 2.28. The van der Waals surface area contributed by atoms with E-state index in [2.05, 4.69) is 9.97 Å². The number of anilines is 1. The second-order valence-electron chi connectivity index (χ2n) is 3.52. The predicted octanol–water partition coefficient (Wildman–Crippen LogP) is 2.83. The Morgan fingerprint density at radius 3 is 2.56 bits per heavy atom. The van der Waals surface area contributed by atoms with Crippen LogP contribution >= 0.6 is 11.8 Å². The first-order valence-electron chi connectivity index (χ1n) is 4.99. The van der Waals surface area contributed by atoms with Gasteiger partial charge in [-0.15, -0.1) is 0 Å². The average Bonchev–Trinajstić information content (AvgIpc) is 2.27. The van der Waals surface area contributed by atoms with E-state index in [0.29, 0.717) is 0 Å². The monoisotopic (exact) mass is 231 g/mol. The molecule has 0 unspecified atom stereocenters. The Kier molecular flexibility index (Phi) is 3.10. The average molecular weight is 231 g/mol. The molecule has 1 aromatic carbocycles. The van der Waals surface area contributed by atoms with E-state index in [0.717, 1.165) is 27.0 Å². The summed E-state index contributed by atoms with van der Waals surface area (Å²) in [5, 5.41) is 0.876. The van der Waals surface area contributed by atoms with Crippen LogP contribution in [0.1, 0.15) is 11.4 Å². The molecular formula is C12H13N3S. The molecule has 0 spiro atoms. The Labute approximate surface area is 99.1 Å². The van der Waals surface area contributed by atoms with Gasteiger partial charge in [-0.3, -0.25) is 4.98 Å². The van der Waals surface area contributed by atoms with Gasteiger partial charge in [0.25, 0.3) is 0 Å². The zero-order valence-corrected chi connectivity index (χ0v) is 10.1. The molecule has 16 heavy (non-hydrogen) atoms. The SMILES string of the molecule is Cc1ncc(Sc2ccccc2N)nc1C. The highest BCUT2D eigenvalue weighted by molar-refractivity contribution is 7.99. The largest absolute Gasteiger partial charge is 0.398 e. The molecule has 2 aromatic rings. The summed E-state index contributed by atoms with van der Waals surface area (Å²) >= 11 is 1.54. The van der Waals surface area contributed by atoms with Gasteiger partial charge in [0.15, 0.2) is 0 Å². The lowest BCUT2D eigenvalue weighted by molar-refractivity contribution is 0.957. The van der Waals surface area contributed by atoms with Crippen molar-refractivity contribution in [2.45, 2.75) is 23.8 Å². The number of aryl methyl sites for hydroxylation is 2. The fraction of sp³-hybridized carbons (Fsp3) is 0.167. The fourth-order valence-electron chi connectivity index (χ4n) is 1.26. The molecule has 1 heterocycles. The van der Waals surface area contributed by atoms with Gasteiger partial charge in [0, 0.05) is 10.6 Å². The zero-order valence-electron chi connectivity index (χ0n) is 9.27. The Hall–Kier alpha value is -1.55. The molecule has 0 aliphatic rings. The number of hydrogen-bond donors (Lipinski definition) is 1. The fourth-order valence-corrected chi connectivity index (χ4v) is 2.10. The third kappa shape index (κ3) is 2.33. The van der Waals surface area contributed by atoms with E-state index in [1.165, 1.54) is 11.8 Å². The molecule has 2 N–H and O–H groups in total. The van der Waals surface area contributed by atoms with Crippen LogP contribution in [0.3, 0.4) is 0 Å². The minimum Gasteiger partial charge on any atom is -0.398 e. The molecule has 82 valence electrons. The smallest absolute Gasteiger partial charge is 0.119 e. The number of nitrogens with zero attached hydrogens (tertiary/aromatic N) is 2. The molecule has 1 aromatic heterocycles. The van der Waals surface area contributed by atoms with E-state index in [1.807, 2.05) is 38.1 Å². The van der Waals surface area contributed by atoms with Gasteiger partial charge >= 0.3 is 0 Å². The molecule has 0 saturated heterocycles. The third-order valence-electron chi connectivity index (χ3n) is 2.30. The molecule has 0 fully saturated rings. The van der Waals surface area contributed by atoms with Crippen molar-refractivity contribution in [2.75, 3.05) is 5.73 Å². The maximum absolute atomic E-state index is 5.87. The Bertz CT molecular complexity index is 511. The maximum Gasteiger partial charge on any atom is 0.119 e. The van der Waals surface area contributed by atoms with Crippen LogP contribution in [-0.4, -0.2) is 9.97 Å². The minimum absolute atomic E-state index is 0.771. The number of para-hydroxylation sites is 1. The highest BCUT2D eigenvalue weighted by Crippen LogP contribution is 2.30. The van der Waals surface area contributed by atoms with Crippen molar-refractivity contribution in [1.82, 2.24) is 9.97 Å². The predicted molar refractivity (Wildman–Crippen MR) is 66.5 cm³/mol. The molecule has 4 heteroatoms. The summed E-state index contributed by atoms with van der Waals surface area (Å²) < 4.78 is 0. The zero-order chi connectivity index (χ0) is 11.5. The summed E-state index contributed by atoms with van der Waals surface area (Å²) in [6.45, 7) is 3.91. The van der Waals surface area contributed by atoms with Crippen molar-refractivity contribution in [2.24, 2.45) is 0 Å². The first-order chi connectivity index (χ1) is 7.66. The quantitative estimate of drug-likeness (QED) is 0.807. The maximum atomic E-state index is 5.87. The molecule has 3 nitrogen and oxygen atoms in total. The highest BCUT2D eigenvalue weighted by atomic mass is 32.2. The summed E-state index contributed by atoms with van der Waals surface area (Å²) in [6.07, 6.45) is 1.78. The van der Waals surface area contributed by atoms with Crippen LogP contribution in [0, 0.1) is 13.8 Å². The van der Waals surface area contributed by atoms with Crippen LogP contribution in [0.5, 0.6) is 0 Å². The van der Waals surface area contributed by atoms with E-state index in [9.17, 15) is 0 Å². The molecule has 0 atom stereocenters. The number of hydrogen-bond acceptors (Lipinski definition) is 4. The molecule has 0 aliphatic heterocycles. The van der Waals surface area contributed by atoms with E-state index >= 15 is 0 Å². The summed E-state index contributed by atoms with van der Waals surface area (Å²) in [6, 6.07) is 7.76. The van der Waals surface area contributed by atoms with Crippen LogP contribution in [0.15, 0.2) is 40.4 Å². The summed E-state index contributed by atoms with van der Waals surface area (Å²) in [5.74, 6) is 0. The summed E-state index contributed by atoms with van der Waals surface area (Å²) in [5.41, 5.74) is 8.56. The van der Waals surface area contributed by atoms with E-state index in [1.54, 1.807) is 6.20 Å². The van der Waals surface area contributed by atoms with Crippen LogP contribution in [0.25, 0.3) is 0 Å². The lowest BCUT2D eigenvalue weighted by Crippen LogP contribution is -1.93. The van der Waals surface area contributed by atoms with Gasteiger partial charge in [-0.25, -0.2) is 4.98 Å². The topological polar surface area (TPSA) is 51.8 Å². The van der Waals surface area contributed by atoms with Gasteiger partial charge < -0.3 is 5.73 Å². The number of rotatable bonds is 2. The van der Waals surface area contributed by atoms with Crippen LogP contribution in [0.2, 0.25) is 0 Å². The lowest BCUT2D eigenvalue weighted by Gasteiger charge is -2.05. The standard InChI is InChI=1S/C12H13N3S/c1-8-9(2)15-12(7-14-8)16-11-6-4-3-5-10(11)13/h3-7H,13H2,1-2H3. The molecule has 0 bridgehead atoms. The minimum atomic E-state index is 0.771. The van der Waals surface area contributed by atoms with Crippen molar-refractivity contribution in [3.8, 4) is 0 Å². The van der Waals surface area contributed by atoms with Gasteiger partial charge in [-0.05, 0) is 26.0 Å². The summed E-state index contributed by atoms with van der Waals surface area (Å²) in [4.78, 5) is 9.75. The number of nitrogen functional groups attached to an aromatic ring is 1. The first-order valence-corrected chi connectivity index (χ1v) is 5.81. The molecule has 0 aliphatic carbocycles. The molecular weight excluding hydrogens is 218 g/mol. The number of aromatic nitrogens is 2. The first kappa shape index (κ1) is 11.0. The van der Waals surface area contributed by atoms with Crippen molar-refractivity contribution in [3.63, 3.8) is 0 Å². The van der Waals surface area contributed by atoms with Crippen molar-refractivity contribution >= 4 is 17.4 Å². The normalized spacial score (nSPS) is 10.4. The molecule has 2 rings (SSSR count). The van der Waals surface area contributed by atoms with Gasteiger partial charge in [-0.2, -0.15) is 0 Å². The van der Waals surface area contributed by atoms with Gasteiger partial charge in [0.1, 0.15) is 5.03 Å².